The summed E-state index contributed by atoms with van der Waals surface area (Å²) in [4.78, 5) is 23.5. The number of ether oxygens (including phenoxy) is 1. The van der Waals surface area contributed by atoms with E-state index in [2.05, 4.69) is 9.97 Å². The highest BCUT2D eigenvalue weighted by atomic mass is 19.4. The zero-order valence-electron chi connectivity index (χ0n) is 18.2. The van der Waals surface area contributed by atoms with E-state index < -0.39 is 29.5 Å². The van der Waals surface area contributed by atoms with Crippen LogP contribution in [-0.4, -0.2) is 38.3 Å². The molecule has 3 heterocycles. The largest absolute Gasteiger partial charge is 0.491 e. The SMILES string of the molecule is Nc1nc2cc(F)c(C(=O)N(CC3CC3)C3COc4cc(C(F)(F)F)ccc43)cc2n2cncc12. The van der Waals surface area contributed by atoms with Crippen molar-refractivity contribution in [3.8, 4) is 5.75 Å². The first-order chi connectivity index (χ1) is 16.7. The quantitative estimate of drug-likeness (QED) is 0.427. The number of nitrogens with zero attached hydrogens (tertiary/aromatic N) is 4. The van der Waals surface area contributed by atoms with Gasteiger partial charge in [0.15, 0.2) is 0 Å². The molecule has 0 radical (unpaired) electrons. The Bertz CT molecular complexity index is 1500. The van der Waals surface area contributed by atoms with Crippen LogP contribution in [0.5, 0.6) is 5.75 Å². The number of carbonyl (C=O) groups is 1. The van der Waals surface area contributed by atoms with Gasteiger partial charge in [0.1, 0.15) is 29.5 Å². The van der Waals surface area contributed by atoms with Crippen LogP contribution in [-0.2, 0) is 6.18 Å². The Hall–Kier alpha value is -3.89. The molecule has 2 aromatic carbocycles. The number of fused-ring (bicyclic) bond motifs is 4. The zero-order chi connectivity index (χ0) is 24.5. The van der Waals surface area contributed by atoms with Crippen LogP contribution in [0.3, 0.4) is 0 Å². The highest BCUT2D eigenvalue weighted by Crippen LogP contribution is 2.42. The van der Waals surface area contributed by atoms with Crippen molar-refractivity contribution in [2.75, 3.05) is 18.9 Å². The molecule has 2 aromatic heterocycles. The van der Waals surface area contributed by atoms with Crippen LogP contribution < -0.4 is 10.5 Å². The number of amides is 1. The van der Waals surface area contributed by atoms with Gasteiger partial charge in [0, 0.05) is 18.2 Å². The Morgan fingerprint density at radius 3 is 2.74 bits per heavy atom. The van der Waals surface area contributed by atoms with Crippen molar-refractivity contribution in [3.63, 3.8) is 0 Å². The normalized spacial score (nSPS) is 17.5. The van der Waals surface area contributed by atoms with E-state index >= 15 is 4.39 Å². The van der Waals surface area contributed by atoms with Gasteiger partial charge in [0.05, 0.1) is 40.7 Å². The number of hydrogen-bond acceptors (Lipinski definition) is 5. The summed E-state index contributed by atoms with van der Waals surface area (Å²) in [6, 6.07) is 5.19. The van der Waals surface area contributed by atoms with E-state index in [0.29, 0.717) is 23.1 Å². The first kappa shape index (κ1) is 21.6. The number of carbonyl (C=O) groups excluding carboxylic acids is 1. The number of alkyl halides is 3. The van der Waals surface area contributed by atoms with Crippen molar-refractivity contribution in [1.82, 2.24) is 19.3 Å². The van der Waals surface area contributed by atoms with Crippen molar-refractivity contribution in [1.29, 1.82) is 0 Å². The molecule has 1 aliphatic carbocycles. The topological polar surface area (TPSA) is 85.8 Å². The summed E-state index contributed by atoms with van der Waals surface area (Å²) in [5.74, 6) is -0.814. The van der Waals surface area contributed by atoms with Gasteiger partial charge in [-0.3, -0.25) is 9.20 Å². The van der Waals surface area contributed by atoms with Crippen LogP contribution >= 0.6 is 0 Å². The molecule has 2 N–H and O–H groups in total. The third-order valence-electron chi connectivity index (χ3n) is 6.58. The van der Waals surface area contributed by atoms with E-state index in [-0.39, 0.29) is 35.2 Å². The van der Waals surface area contributed by atoms with Gasteiger partial charge in [-0.05, 0) is 37.0 Å². The molecule has 1 fully saturated rings. The first-order valence-corrected chi connectivity index (χ1v) is 11.1. The average Bonchev–Trinajstić information content (AvgIpc) is 3.32. The Labute approximate surface area is 196 Å². The van der Waals surface area contributed by atoms with Gasteiger partial charge in [-0.15, -0.1) is 0 Å². The predicted octanol–water partition coefficient (Wildman–Crippen LogP) is 4.61. The molecule has 35 heavy (non-hydrogen) atoms. The standard InChI is InChI=1S/C24H19F4N5O2/c25-16-7-17-18(33-11-30-8-19(33)22(29)31-17)6-15(16)23(34)32(9-12-1-2-12)20-10-35-21-5-13(24(26,27)28)3-4-14(20)21/h3-8,11-12,20H,1-2,9-10H2,(H2,29,31). The lowest BCUT2D eigenvalue weighted by molar-refractivity contribution is -0.137. The molecular weight excluding hydrogens is 466 g/mol. The van der Waals surface area contributed by atoms with Crippen LogP contribution in [0.2, 0.25) is 0 Å². The van der Waals surface area contributed by atoms with E-state index in [1.807, 2.05) is 0 Å². The van der Waals surface area contributed by atoms with Gasteiger partial charge in [0.25, 0.3) is 5.91 Å². The van der Waals surface area contributed by atoms with Gasteiger partial charge < -0.3 is 15.4 Å². The fourth-order valence-electron chi connectivity index (χ4n) is 4.57. The van der Waals surface area contributed by atoms with Gasteiger partial charge in [-0.2, -0.15) is 13.2 Å². The lowest BCUT2D eigenvalue weighted by Crippen LogP contribution is -2.38. The number of rotatable bonds is 4. The van der Waals surface area contributed by atoms with E-state index in [0.717, 1.165) is 31.0 Å². The van der Waals surface area contributed by atoms with Crippen LogP contribution in [0.25, 0.3) is 16.6 Å². The fourth-order valence-corrected chi connectivity index (χ4v) is 4.57. The minimum Gasteiger partial charge on any atom is -0.491 e. The third kappa shape index (κ3) is 3.62. The highest BCUT2D eigenvalue weighted by molar-refractivity contribution is 5.99. The van der Waals surface area contributed by atoms with Crippen LogP contribution in [0, 0.1) is 11.7 Å². The molecule has 6 rings (SSSR count). The molecule has 4 aromatic rings. The molecule has 0 spiro atoms. The molecule has 1 saturated carbocycles. The maximum absolute atomic E-state index is 15.2. The summed E-state index contributed by atoms with van der Waals surface area (Å²) in [6.07, 6.45) is 0.369. The molecule has 0 saturated heterocycles. The van der Waals surface area contributed by atoms with Crippen molar-refractivity contribution < 1.29 is 27.1 Å². The van der Waals surface area contributed by atoms with E-state index in [1.165, 1.54) is 29.6 Å². The number of hydrogen-bond donors (Lipinski definition) is 1. The van der Waals surface area contributed by atoms with Crippen LogP contribution in [0.4, 0.5) is 23.4 Å². The summed E-state index contributed by atoms with van der Waals surface area (Å²) in [5, 5.41) is 0. The highest BCUT2D eigenvalue weighted by Gasteiger charge is 2.39. The minimum absolute atomic E-state index is 0.00579. The second-order valence-corrected chi connectivity index (χ2v) is 8.94. The Kier molecular flexibility index (Phi) is 4.67. The number of aromatic nitrogens is 3. The Balaban J connectivity index is 1.42. The third-order valence-corrected chi connectivity index (χ3v) is 6.58. The maximum atomic E-state index is 15.2. The Morgan fingerprint density at radius 2 is 2.00 bits per heavy atom. The molecule has 1 amide bonds. The second kappa shape index (κ2) is 7.56. The van der Waals surface area contributed by atoms with Crippen LogP contribution in [0.1, 0.15) is 40.4 Å². The van der Waals surface area contributed by atoms with E-state index in [9.17, 15) is 18.0 Å². The molecule has 1 unspecified atom stereocenters. The molecule has 11 heteroatoms. The number of anilines is 1. The average molecular weight is 485 g/mol. The molecule has 2 aliphatic rings. The number of imidazole rings is 1. The Morgan fingerprint density at radius 1 is 1.20 bits per heavy atom. The first-order valence-electron chi connectivity index (χ1n) is 11.1. The molecule has 1 atom stereocenters. The van der Waals surface area contributed by atoms with Crippen molar-refractivity contribution in [2.45, 2.75) is 25.1 Å². The summed E-state index contributed by atoms with van der Waals surface area (Å²) in [5.41, 5.74) is 6.67. The zero-order valence-corrected chi connectivity index (χ0v) is 18.2. The van der Waals surface area contributed by atoms with Gasteiger partial charge in [-0.25, -0.2) is 14.4 Å². The van der Waals surface area contributed by atoms with Gasteiger partial charge in [-0.1, -0.05) is 6.07 Å². The summed E-state index contributed by atoms with van der Waals surface area (Å²) in [6.45, 7) is 0.347. The summed E-state index contributed by atoms with van der Waals surface area (Å²) in [7, 11) is 0. The minimum atomic E-state index is -4.51. The maximum Gasteiger partial charge on any atom is 0.416 e. The molecule has 7 nitrogen and oxygen atoms in total. The van der Waals surface area contributed by atoms with Gasteiger partial charge >= 0.3 is 6.18 Å². The molecule has 180 valence electrons. The lowest BCUT2D eigenvalue weighted by Gasteiger charge is -2.29. The second-order valence-electron chi connectivity index (χ2n) is 8.94. The number of nitrogen functional groups attached to an aromatic ring is 1. The predicted molar refractivity (Wildman–Crippen MR) is 118 cm³/mol. The van der Waals surface area contributed by atoms with Crippen molar-refractivity contribution in [3.05, 3.63) is 65.4 Å². The smallest absolute Gasteiger partial charge is 0.416 e. The molecule has 0 bridgehead atoms. The van der Waals surface area contributed by atoms with E-state index in [4.69, 9.17) is 10.5 Å². The van der Waals surface area contributed by atoms with E-state index in [1.54, 1.807) is 4.40 Å². The summed E-state index contributed by atoms with van der Waals surface area (Å²) < 4.78 is 61.8. The lowest BCUT2D eigenvalue weighted by atomic mass is 10.0. The number of benzene rings is 2. The van der Waals surface area contributed by atoms with Crippen LogP contribution in [0.15, 0.2) is 42.9 Å². The molecular formula is C24H19F4N5O2. The van der Waals surface area contributed by atoms with Crippen molar-refractivity contribution >= 4 is 28.3 Å². The number of nitrogens with two attached hydrogens (primary N) is 1. The monoisotopic (exact) mass is 485 g/mol. The summed E-state index contributed by atoms with van der Waals surface area (Å²) >= 11 is 0. The van der Waals surface area contributed by atoms with Crippen molar-refractivity contribution in [2.24, 2.45) is 5.92 Å². The fraction of sp³-hybridized carbons (Fsp3) is 0.292. The molecule has 1 aliphatic heterocycles. The van der Waals surface area contributed by atoms with Gasteiger partial charge in [0.2, 0.25) is 0 Å². The number of halogens is 4.